The maximum absolute atomic E-state index is 12.9. The Morgan fingerprint density at radius 3 is 2.06 bits per heavy atom. The lowest BCUT2D eigenvalue weighted by Crippen LogP contribution is -2.48. The van der Waals surface area contributed by atoms with E-state index in [1.807, 2.05) is 67.7 Å². The zero-order valence-electron chi connectivity index (χ0n) is 18.1. The summed E-state index contributed by atoms with van der Waals surface area (Å²) in [5, 5.41) is 2.89. The van der Waals surface area contributed by atoms with Crippen LogP contribution in [0.2, 0.25) is 0 Å². The van der Waals surface area contributed by atoms with Crippen LogP contribution in [0.5, 0.6) is 0 Å². The van der Waals surface area contributed by atoms with Gasteiger partial charge in [0.25, 0.3) is 0 Å². The van der Waals surface area contributed by atoms with Crippen LogP contribution < -0.4 is 14.9 Å². The van der Waals surface area contributed by atoms with Crippen LogP contribution >= 0.6 is 0 Å². The second-order valence-electron chi connectivity index (χ2n) is 7.58. The lowest BCUT2D eigenvalue weighted by molar-refractivity contribution is -0.122. The lowest BCUT2D eigenvalue weighted by Gasteiger charge is -2.21. The van der Waals surface area contributed by atoms with Gasteiger partial charge in [-0.05, 0) is 42.7 Å². The van der Waals surface area contributed by atoms with Crippen LogP contribution in [0.25, 0.3) is 0 Å². The molecule has 0 spiro atoms. The number of nitrogens with zero attached hydrogens (tertiary/aromatic N) is 1. The maximum atomic E-state index is 12.9. The molecule has 0 aromatic heterocycles. The molecule has 32 heavy (non-hydrogen) atoms. The van der Waals surface area contributed by atoms with Crippen LogP contribution in [0.1, 0.15) is 12.0 Å². The molecule has 3 rings (SSSR count). The Morgan fingerprint density at radius 2 is 1.44 bits per heavy atom. The molecule has 0 fully saturated rings. The second kappa shape index (κ2) is 11.5. The summed E-state index contributed by atoms with van der Waals surface area (Å²) >= 11 is 0. The fourth-order valence-corrected chi connectivity index (χ4v) is 4.57. The highest BCUT2D eigenvalue weighted by Gasteiger charge is 2.25. The largest absolute Gasteiger partial charge is 0.375 e. The fraction of sp³-hybridized carbons (Fsp3) is 0.240. The third-order valence-electron chi connectivity index (χ3n) is 5.12. The van der Waals surface area contributed by atoms with Crippen molar-refractivity contribution in [3.05, 3.63) is 96.6 Å². The summed E-state index contributed by atoms with van der Waals surface area (Å²) in [5.41, 5.74) is 1.99. The normalized spacial score (nSPS) is 12.2. The minimum atomic E-state index is -3.82. The minimum absolute atomic E-state index is 0.135. The molecular weight excluding hydrogens is 422 g/mol. The molecule has 0 bridgehead atoms. The molecule has 1 atom stereocenters. The zero-order valence-corrected chi connectivity index (χ0v) is 19.0. The lowest BCUT2D eigenvalue weighted by atomic mass is 10.1. The summed E-state index contributed by atoms with van der Waals surface area (Å²) in [6, 6.07) is 26.6. The third kappa shape index (κ3) is 6.93. The molecule has 0 radical (unpaired) electrons. The first-order valence-corrected chi connectivity index (χ1v) is 12.1. The minimum Gasteiger partial charge on any atom is -0.375 e. The van der Waals surface area contributed by atoms with Gasteiger partial charge in [0.15, 0.2) is 0 Å². The molecule has 0 aliphatic rings. The number of hydrogen-bond acceptors (Lipinski definition) is 4. The number of nitrogens with one attached hydrogen (secondary N) is 2. The highest BCUT2D eigenvalue weighted by molar-refractivity contribution is 7.89. The van der Waals surface area contributed by atoms with E-state index in [1.54, 1.807) is 18.2 Å². The van der Waals surface area contributed by atoms with E-state index in [4.69, 9.17) is 0 Å². The van der Waals surface area contributed by atoms with Crippen molar-refractivity contribution < 1.29 is 13.2 Å². The van der Waals surface area contributed by atoms with Crippen molar-refractivity contribution in [2.45, 2.75) is 23.8 Å². The van der Waals surface area contributed by atoms with E-state index >= 15 is 0 Å². The number of amides is 1. The first-order valence-electron chi connectivity index (χ1n) is 10.6. The quantitative estimate of drug-likeness (QED) is 0.439. The monoisotopic (exact) mass is 451 g/mol. The maximum Gasteiger partial charge on any atom is 0.241 e. The molecule has 3 aromatic carbocycles. The van der Waals surface area contributed by atoms with Crippen LogP contribution in [-0.4, -0.2) is 40.5 Å². The Labute approximate surface area is 190 Å². The third-order valence-corrected chi connectivity index (χ3v) is 6.60. The van der Waals surface area contributed by atoms with E-state index in [2.05, 4.69) is 14.9 Å². The molecule has 0 saturated heterocycles. The second-order valence-corrected chi connectivity index (χ2v) is 9.29. The van der Waals surface area contributed by atoms with Crippen LogP contribution in [0.3, 0.4) is 0 Å². The average molecular weight is 452 g/mol. The van der Waals surface area contributed by atoms with Gasteiger partial charge in [-0.1, -0.05) is 66.7 Å². The molecule has 0 saturated carbocycles. The van der Waals surface area contributed by atoms with Crippen LogP contribution in [0.4, 0.5) is 5.69 Å². The molecule has 0 aliphatic carbocycles. The number of benzene rings is 3. The van der Waals surface area contributed by atoms with Crippen molar-refractivity contribution in [2.24, 2.45) is 0 Å². The van der Waals surface area contributed by atoms with Crippen molar-refractivity contribution in [3.63, 3.8) is 0 Å². The van der Waals surface area contributed by atoms with E-state index < -0.39 is 16.1 Å². The summed E-state index contributed by atoms with van der Waals surface area (Å²) in [5.74, 6) is -0.337. The number of carbonyl (C=O) groups excluding carboxylic acids is 1. The van der Waals surface area contributed by atoms with Crippen LogP contribution in [0.15, 0.2) is 95.9 Å². The van der Waals surface area contributed by atoms with Gasteiger partial charge in [-0.25, -0.2) is 8.42 Å². The Hall–Kier alpha value is -3.16. The SMILES string of the molecule is CN(CCCNC(=O)[C@H](Cc1ccccc1)NS(=O)(=O)c1ccccc1)c1ccccc1. The standard InChI is InChI=1S/C25H29N3O3S/c1-28(22-14-7-3-8-15-22)19-11-18-26-25(29)24(20-21-12-5-2-6-13-21)27-32(30,31)23-16-9-4-10-17-23/h2-10,12-17,24,27H,11,18-20H2,1H3,(H,26,29)/t24-/m0/s1. The first kappa shape index (κ1) is 23.5. The number of para-hydroxylation sites is 1. The smallest absolute Gasteiger partial charge is 0.241 e. The molecule has 168 valence electrons. The van der Waals surface area contributed by atoms with Gasteiger partial charge in [-0.15, -0.1) is 0 Å². The van der Waals surface area contributed by atoms with Crippen molar-refractivity contribution in [1.82, 2.24) is 10.0 Å². The molecule has 0 heterocycles. The van der Waals surface area contributed by atoms with Gasteiger partial charge in [0, 0.05) is 25.8 Å². The van der Waals surface area contributed by atoms with E-state index in [0.717, 1.165) is 24.2 Å². The van der Waals surface area contributed by atoms with Crippen LogP contribution in [-0.2, 0) is 21.2 Å². The molecule has 2 N–H and O–H groups in total. The van der Waals surface area contributed by atoms with E-state index in [9.17, 15) is 13.2 Å². The molecule has 0 aliphatic heterocycles. The van der Waals surface area contributed by atoms with Crippen molar-refractivity contribution in [2.75, 3.05) is 25.0 Å². The highest BCUT2D eigenvalue weighted by Crippen LogP contribution is 2.12. The van der Waals surface area contributed by atoms with Crippen molar-refractivity contribution in [1.29, 1.82) is 0 Å². The molecule has 7 heteroatoms. The van der Waals surface area contributed by atoms with Gasteiger partial charge in [-0.3, -0.25) is 4.79 Å². The molecule has 3 aromatic rings. The number of hydrogen-bond donors (Lipinski definition) is 2. The Morgan fingerprint density at radius 1 is 0.875 bits per heavy atom. The number of carbonyl (C=O) groups is 1. The van der Waals surface area contributed by atoms with Gasteiger partial charge < -0.3 is 10.2 Å². The van der Waals surface area contributed by atoms with Crippen molar-refractivity contribution >= 4 is 21.6 Å². The Balaban J connectivity index is 1.61. The average Bonchev–Trinajstić information content (AvgIpc) is 2.83. The summed E-state index contributed by atoms with van der Waals surface area (Å²) in [6.45, 7) is 1.22. The Bertz CT molecular complexity index is 1080. The topological polar surface area (TPSA) is 78.5 Å². The molecule has 0 unspecified atom stereocenters. The number of rotatable bonds is 11. The molecular formula is C25H29N3O3S. The molecule has 1 amide bonds. The van der Waals surface area contributed by atoms with Gasteiger partial charge in [0.1, 0.15) is 6.04 Å². The summed E-state index contributed by atoms with van der Waals surface area (Å²) in [7, 11) is -1.82. The first-order chi connectivity index (χ1) is 15.5. The summed E-state index contributed by atoms with van der Waals surface area (Å²) < 4.78 is 28.2. The van der Waals surface area contributed by atoms with E-state index in [-0.39, 0.29) is 17.2 Å². The van der Waals surface area contributed by atoms with Gasteiger partial charge in [0.2, 0.25) is 15.9 Å². The number of anilines is 1. The van der Waals surface area contributed by atoms with Gasteiger partial charge in [-0.2, -0.15) is 4.72 Å². The van der Waals surface area contributed by atoms with Gasteiger partial charge in [0.05, 0.1) is 4.90 Å². The summed E-state index contributed by atoms with van der Waals surface area (Å²) in [6.07, 6.45) is 1.00. The fourth-order valence-electron chi connectivity index (χ4n) is 3.36. The number of sulfonamides is 1. The predicted molar refractivity (Wildman–Crippen MR) is 128 cm³/mol. The van der Waals surface area contributed by atoms with E-state index in [0.29, 0.717) is 6.54 Å². The predicted octanol–water partition coefficient (Wildman–Crippen LogP) is 3.22. The highest BCUT2D eigenvalue weighted by atomic mass is 32.2. The van der Waals surface area contributed by atoms with E-state index in [1.165, 1.54) is 12.1 Å². The zero-order chi connectivity index (χ0) is 22.8. The van der Waals surface area contributed by atoms with Crippen molar-refractivity contribution in [3.8, 4) is 0 Å². The Kier molecular flexibility index (Phi) is 8.41. The summed E-state index contributed by atoms with van der Waals surface area (Å²) in [4.78, 5) is 15.2. The van der Waals surface area contributed by atoms with Crippen LogP contribution in [0, 0.1) is 0 Å². The van der Waals surface area contributed by atoms with Gasteiger partial charge >= 0.3 is 0 Å². The molecule has 6 nitrogen and oxygen atoms in total.